The lowest BCUT2D eigenvalue weighted by Gasteiger charge is -2.29. The second-order valence-corrected chi connectivity index (χ2v) is 14.7. The molecule has 6 N–H and O–H groups in total. The first-order chi connectivity index (χ1) is 25.8. The highest BCUT2D eigenvalue weighted by Gasteiger charge is 2.41. The van der Waals surface area contributed by atoms with E-state index < -0.39 is 71.8 Å². The van der Waals surface area contributed by atoms with E-state index in [-0.39, 0.29) is 62.6 Å². The lowest BCUT2D eigenvalue weighted by molar-refractivity contribution is -0.141. The summed E-state index contributed by atoms with van der Waals surface area (Å²) in [6.45, 7) is 5.84. The average molecular weight is 746 g/mol. The summed E-state index contributed by atoms with van der Waals surface area (Å²) >= 11 is 0. The minimum absolute atomic E-state index is 0.0106. The van der Waals surface area contributed by atoms with E-state index in [4.69, 9.17) is 0 Å². The standard InChI is InChI=1S/C39H51N7O8/c1-23(2)19-30-36(51)41-24(3)39(54)46-22-28(47)21-32(46)38(53)40-17-7-11-29(35(50)44-31(37(52)43-30)20-25-9-5-4-6-10-25)42-34(49)26-13-15-27(16-14-26)45-18-8-12-33(45)48/h4-6,9-10,13-16,23-24,28-32,47H,7-8,11-12,17-22H2,1-3H3,(H,40,53)(H,41,51)(H,42,49)(H,43,52)(H,44,50)/t24-,28+,29-,30-,31+,32-/m0/s1. The Hall–Kier alpha value is -5.31. The third-order valence-electron chi connectivity index (χ3n) is 9.95. The van der Waals surface area contributed by atoms with E-state index in [0.29, 0.717) is 18.7 Å². The quantitative estimate of drug-likeness (QED) is 0.236. The van der Waals surface area contributed by atoms with Gasteiger partial charge in [-0.3, -0.25) is 33.6 Å². The fourth-order valence-electron chi connectivity index (χ4n) is 7.10. The number of aliphatic hydroxyl groups excluding tert-OH is 1. The van der Waals surface area contributed by atoms with Crippen LogP contribution >= 0.6 is 0 Å². The Balaban J connectivity index is 1.42. The smallest absolute Gasteiger partial charge is 0.251 e. The van der Waals surface area contributed by atoms with Gasteiger partial charge >= 0.3 is 0 Å². The first-order valence-electron chi connectivity index (χ1n) is 18.7. The number of amides is 7. The number of carbonyl (C=O) groups excluding carboxylic acids is 7. The maximum atomic E-state index is 14.0. The van der Waals surface area contributed by atoms with Crippen molar-refractivity contribution in [2.45, 2.75) is 102 Å². The Morgan fingerprint density at radius 1 is 0.870 bits per heavy atom. The normalized spacial score (nSPS) is 26.3. The lowest BCUT2D eigenvalue weighted by atomic mass is 10.00. The number of carbonyl (C=O) groups is 7. The SMILES string of the molecule is CC(C)C[C@@H]1NC(=O)[C@@H](Cc2ccccc2)NC(=O)[C@@H](NC(=O)c2ccc(N3CCCC3=O)cc2)CCCNC(=O)[C@@H]2C[C@@H](O)CN2C(=O)[C@H](C)NC1=O. The minimum Gasteiger partial charge on any atom is -0.391 e. The van der Waals surface area contributed by atoms with E-state index in [2.05, 4.69) is 26.6 Å². The van der Waals surface area contributed by atoms with Crippen molar-refractivity contribution in [3.05, 3.63) is 65.7 Å². The number of hydrogen-bond donors (Lipinski definition) is 6. The number of nitrogens with one attached hydrogen (secondary N) is 5. The molecule has 290 valence electrons. The number of hydrogen-bond acceptors (Lipinski definition) is 8. The highest BCUT2D eigenvalue weighted by molar-refractivity contribution is 6.00. The predicted octanol–water partition coefficient (Wildman–Crippen LogP) is 0.547. The molecule has 3 aliphatic rings. The molecular weight excluding hydrogens is 694 g/mol. The van der Waals surface area contributed by atoms with Crippen LogP contribution in [-0.4, -0.2) is 107 Å². The molecule has 0 radical (unpaired) electrons. The van der Waals surface area contributed by atoms with Crippen LogP contribution in [0.2, 0.25) is 0 Å². The molecule has 0 aromatic heterocycles. The van der Waals surface area contributed by atoms with Gasteiger partial charge in [0.15, 0.2) is 0 Å². The van der Waals surface area contributed by atoms with Crippen LogP contribution in [0.5, 0.6) is 0 Å². The summed E-state index contributed by atoms with van der Waals surface area (Å²) in [6, 6.07) is 10.1. The van der Waals surface area contributed by atoms with Crippen LogP contribution in [0.3, 0.4) is 0 Å². The molecule has 0 saturated carbocycles. The van der Waals surface area contributed by atoms with Gasteiger partial charge in [-0.1, -0.05) is 44.2 Å². The maximum absolute atomic E-state index is 14.0. The Labute approximate surface area is 315 Å². The Morgan fingerprint density at radius 3 is 2.22 bits per heavy atom. The molecule has 3 fully saturated rings. The zero-order valence-corrected chi connectivity index (χ0v) is 31.0. The Kier molecular flexibility index (Phi) is 13.4. The van der Waals surface area contributed by atoms with Gasteiger partial charge in [-0.25, -0.2) is 0 Å². The van der Waals surface area contributed by atoms with Crippen LogP contribution in [0.4, 0.5) is 5.69 Å². The van der Waals surface area contributed by atoms with Gasteiger partial charge < -0.3 is 41.5 Å². The van der Waals surface area contributed by atoms with Gasteiger partial charge in [0.2, 0.25) is 35.4 Å². The molecule has 0 spiro atoms. The number of benzene rings is 2. The zero-order chi connectivity index (χ0) is 38.9. The van der Waals surface area contributed by atoms with Gasteiger partial charge in [0.25, 0.3) is 5.91 Å². The summed E-state index contributed by atoms with van der Waals surface area (Å²) in [7, 11) is 0. The van der Waals surface area contributed by atoms with E-state index in [0.717, 1.165) is 12.0 Å². The van der Waals surface area contributed by atoms with Crippen molar-refractivity contribution < 1.29 is 38.7 Å². The molecule has 15 heteroatoms. The van der Waals surface area contributed by atoms with E-state index in [1.807, 2.05) is 19.9 Å². The number of rotatable bonds is 7. The second-order valence-electron chi connectivity index (χ2n) is 14.7. The van der Waals surface area contributed by atoms with Crippen LogP contribution in [0.15, 0.2) is 54.6 Å². The molecule has 0 bridgehead atoms. The lowest BCUT2D eigenvalue weighted by Crippen LogP contribution is -2.59. The number of aliphatic hydroxyl groups is 1. The van der Waals surface area contributed by atoms with E-state index in [1.165, 1.54) is 11.8 Å². The first-order valence-corrected chi connectivity index (χ1v) is 18.7. The molecule has 0 aliphatic carbocycles. The van der Waals surface area contributed by atoms with Crippen LogP contribution in [0.25, 0.3) is 0 Å². The summed E-state index contributed by atoms with van der Waals surface area (Å²) in [5.74, 6) is -3.51. The number of nitrogens with zero attached hydrogens (tertiary/aromatic N) is 2. The van der Waals surface area contributed by atoms with Crippen LogP contribution < -0.4 is 31.5 Å². The fraction of sp³-hybridized carbons (Fsp3) is 0.513. The fourth-order valence-corrected chi connectivity index (χ4v) is 7.10. The summed E-state index contributed by atoms with van der Waals surface area (Å²) < 4.78 is 0. The monoisotopic (exact) mass is 745 g/mol. The average Bonchev–Trinajstić information content (AvgIpc) is 3.76. The minimum atomic E-state index is -1.15. The van der Waals surface area contributed by atoms with Crippen molar-refractivity contribution in [3.8, 4) is 0 Å². The molecular formula is C39H51N7O8. The molecule has 7 amide bonds. The van der Waals surface area contributed by atoms with E-state index in [1.54, 1.807) is 53.4 Å². The van der Waals surface area contributed by atoms with Gasteiger partial charge in [-0.15, -0.1) is 0 Å². The van der Waals surface area contributed by atoms with Crippen molar-refractivity contribution >= 4 is 47.0 Å². The molecule has 0 unspecified atom stereocenters. The molecule has 5 rings (SSSR count). The highest BCUT2D eigenvalue weighted by Crippen LogP contribution is 2.22. The van der Waals surface area contributed by atoms with Crippen molar-refractivity contribution in [1.29, 1.82) is 0 Å². The summed E-state index contributed by atoms with van der Waals surface area (Å²) in [6.07, 6.45) is 0.905. The van der Waals surface area contributed by atoms with Gasteiger partial charge in [0.1, 0.15) is 30.2 Å². The second kappa shape index (κ2) is 18.1. The molecule has 2 aromatic rings. The highest BCUT2D eigenvalue weighted by atomic mass is 16.3. The number of anilines is 1. The van der Waals surface area contributed by atoms with Crippen LogP contribution in [-0.2, 0) is 35.2 Å². The predicted molar refractivity (Wildman–Crippen MR) is 199 cm³/mol. The zero-order valence-electron chi connectivity index (χ0n) is 31.0. The number of fused-ring (bicyclic) bond motifs is 1. The summed E-state index contributed by atoms with van der Waals surface area (Å²) in [5, 5.41) is 24.3. The third-order valence-corrected chi connectivity index (χ3v) is 9.95. The van der Waals surface area contributed by atoms with Crippen LogP contribution in [0, 0.1) is 5.92 Å². The maximum Gasteiger partial charge on any atom is 0.251 e. The van der Waals surface area contributed by atoms with Crippen molar-refractivity contribution in [2.24, 2.45) is 5.92 Å². The van der Waals surface area contributed by atoms with Crippen molar-refractivity contribution in [2.75, 3.05) is 24.5 Å². The van der Waals surface area contributed by atoms with Crippen molar-refractivity contribution in [3.63, 3.8) is 0 Å². The molecule has 3 saturated heterocycles. The van der Waals surface area contributed by atoms with Gasteiger partial charge in [-0.05, 0) is 68.4 Å². The molecule has 3 heterocycles. The van der Waals surface area contributed by atoms with Crippen LogP contribution in [0.1, 0.15) is 75.2 Å². The van der Waals surface area contributed by atoms with E-state index in [9.17, 15) is 38.7 Å². The largest absolute Gasteiger partial charge is 0.391 e. The molecule has 15 nitrogen and oxygen atoms in total. The third kappa shape index (κ3) is 10.2. The molecule has 3 aliphatic heterocycles. The molecule has 6 atom stereocenters. The van der Waals surface area contributed by atoms with Crippen molar-refractivity contribution in [1.82, 2.24) is 31.5 Å². The Bertz CT molecular complexity index is 1700. The summed E-state index contributed by atoms with van der Waals surface area (Å²) in [5.41, 5.74) is 1.67. The molecule has 54 heavy (non-hydrogen) atoms. The van der Waals surface area contributed by atoms with Gasteiger partial charge in [-0.2, -0.15) is 0 Å². The van der Waals surface area contributed by atoms with E-state index >= 15 is 0 Å². The van der Waals surface area contributed by atoms with Gasteiger partial charge in [0, 0.05) is 50.1 Å². The Morgan fingerprint density at radius 2 is 1.56 bits per heavy atom. The summed E-state index contributed by atoms with van der Waals surface area (Å²) in [4.78, 5) is 97.2. The first kappa shape index (κ1) is 39.9. The molecule has 2 aromatic carbocycles. The van der Waals surface area contributed by atoms with Gasteiger partial charge in [0.05, 0.1) is 6.10 Å². The topological polar surface area (TPSA) is 206 Å².